The Kier molecular flexibility index (Phi) is 4.75. The van der Waals surface area contributed by atoms with Gasteiger partial charge in [0.05, 0.1) is 5.01 Å². The van der Waals surface area contributed by atoms with Gasteiger partial charge in [0.25, 0.3) is 0 Å². The molecular formula is C14H17ClN2S. The first-order chi connectivity index (χ1) is 8.65. The molecule has 18 heavy (non-hydrogen) atoms. The molecule has 0 atom stereocenters. The minimum absolute atomic E-state index is 0.485. The minimum atomic E-state index is 0.485. The van der Waals surface area contributed by atoms with E-state index in [4.69, 9.17) is 11.6 Å². The molecule has 0 unspecified atom stereocenters. The van der Waals surface area contributed by atoms with Crippen molar-refractivity contribution in [3.63, 3.8) is 0 Å². The molecular weight excluding hydrogens is 264 g/mol. The molecule has 0 amide bonds. The smallest absolute Gasteiger partial charge is 0.0969 e. The van der Waals surface area contributed by atoms with E-state index in [0.717, 1.165) is 28.6 Å². The molecule has 0 aliphatic heterocycles. The first kappa shape index (κ1) is 13.5. The highest BCUT2D eigenvalue weighted by atomic mass is 35.5. The van der Waals surface area contributed by atoms with Crippen molar-refractivity contribution in [3.8, 4) is 0 Å². The summed E-state index contributed by atoms with van der Waals surface area (Å²) in [5.74, 6) is 0. The van der Waals surface area contributed by atoms with Gasteiger partial charge in [-0.25, -0.2) is 4.98 Å². The predicted octanol–water partition coefficient (Wildman–Crippen LogP) is 3.89. The molecule has 2 rings (SSSR count). The van der Waals surface area contributed by atoms with Crippen LogP contribution in [0.4, 0.5) is 0 Å². The van der Waals surface area contributed by atoms with Crippen molar-refractivity contribution in [2.75, 3.05) is 0 Å². The van der Waals surface area contributed by atoms with Crippen molar-refractivity contribution in [1.29, 1.82) is 0 Å². The molecule has 96 valence electrons. The predicted molar refractivity (Wildman–Crippen MR) is 78.3 cm³/mol. The van der Waals surface area contributed by atoms with Gasteiger partial charge in [-0.1, -0.05) is 37.6 Å². The Morgan fingerprint density at radius 2 is 2.22 bits per heavy atom. The standard InChI is InChI=1S/C14H17ClN2S/c1-10(2)17-9-11-3-4-12(13(15)7-11)8-14-16-5-6-18-14/h3-7,10,17H,8-9H2,1-2H3. The normalized spacial score (nSPS) is 11.1. The van der Waals surface area contributed by atoms with E-state index in [1.54, 1.807) is 11.3 Å². The SMILES string of the molecule is CC(C)NCc1ccc(Cc2nccs2)c(Cl)c1. The number of thiazole rings is 1. The van der Waals surface area contributed by atoms with Gasteiger partial charge in [-0.05, 0) is 17.2 Å². The number of benzene rings is 1. The Morgan fingerprint density at radius 3 is 2.83 bits per heavy atom. The number of nitrogens with one attached hydrogen (secondary N) is 1. The molecule has 0 spiro atoms. The van der Waals surface area contributed by atoms with Crippen molar-refractivity contribution < 1.29 is 0 Å². The third kappa shape index (κ3) is 3.80. The maximum Gasteiger partial charge on any atom is 0.0969 e. The third-order valence-corrected chi connectivity index (χ3v) is 3.79. The van der Waals surface area contributed by atoms with E-state index in [9.17, 15) is 0 Å². The van der Waals surface area contributed by atoms with E-state index in [-0.39, 0.29) is 0 Å². The lowest BCUT2D eigenvalue weighted by Gasteiger charge is -2.10. The maximum absolute atomic E-state index is 6.31. The fourth-order valence-electron chi connectivity index (χ4n) is 1.67. The molecule has 0 aliphatic rings. The summed E-state index contributed by atoms with van der Waals surface area (Å²) in [5, 5.41) is 7.30. The summed E-state index contributed by atoms with van der Waals surface area (Å²) >= 11 is 7.97. The minimum Gasteiger partial charge on any atom is -0.310 e. The van der Waals surface area contributed by atoms with Gasteiger partial charge in [-0.3, -0.25) is 0 Å². The fourth-order valence-corrected chi connectivity index (χ4v) is 2.58. The third-order valence-electron chi connectivity index (χ3n) is 2.66. The van der Waals surface area contributed by atoms with E-state index in [1.165, 1.54) is 5.56 Å². The maximum atomic E-state index is 6.31. The van der Waals surface area contributed by atoms with Gasteiger partial charge in [0.1, 0.15) is 0 Å². The first-order valence-electron chi connectivity index (χ1n) is 6.04. The van der Waals surface area contributed by atoms with Crippen LogP contribution in [0.5, 0.6) is 0 Å². The molecule has 4 heteroatoms. The molecule has 0 saturated carbocycles. The number of halogens is 1. The van der Waals surface area contributed by atoms with Gasteiger partial charge in [0, 0.05) is 35.6 Å². The van der Waals surface area contributed by atoms with Crippen LogP contribution in [-0.2, 0) is 13.0 Å². The topological polar surface area (TPSA) is 24.9 Å². The highest BCUT2D eigenvalue weighted by Crippen LogP contribution is 2.22. The van der Waals surface area contributed by atoms with Gasteiger partial charge in [-0.2, -0.15) is 0 Å². The number of rotatable bonds is 5. The summed E-state index contributed by atoms with van der Waals surface area (Å²) in [4.78, 5) is 4.28. The number of hydrogen-bond donors (Lipinski definition) is 1. The van der Waals surface area contributed by atoms with Gasteiger partial charge >= 0.3 is 0 Å². The van der Waals surface area contributed by atoms with Crippen LogP contribution in [0.2, 0.25) is 5.02 Å². The Morgan fingerprint density at radius 1 is 1.39 bits per heavy atom. The molecule has 2 aromatic rings. The molecule has 0 aliphatic carbocycles. The van der Waals surface area contributed by atoms with Crippen molar-refractivity contribution in [3.05, 3.63) is 50.9 Å². The number of aromatic nitrogens is 1. The van der Waals surface area contributed by atoms with E-state index >= 15 is 0 Å². The average Bonchev–Trinajstić information content (AvgIpc) is 2.82. The van der Waals surface area contributed by atoms with Crippen molar-refractivity contribution in [2.24, 2.45) is 0 Å². The Balaban J connectivity index is 2.05. The van der Waals surface area contributed by atoms with Crippen molar-refractivity contribution in [2.45, 2.75) is 32.9 Å². The van der Waals surface area contributed by atoms with Crippen LogP contribution in [0.1, 0.15) is 30.0 Å². The summed E-state index contributed by atoms with van der Waals surface area (Å²) in [5.41, 5.74) is 2.36. The molecule has 1 aromatic carbocycles. The largest absolute Gasteiger partial charge is 0.310 e. The molecule has 0 radical (unpaired) electrons. The second-order valence-electron chi connectivity index (χ2n) is 4.56. The lowest BCUT2D eigenvalue weighted by atomic mass is 10.1. The highest BCUT2D eigenvalue weighted by Gasteiger charge is 2.05. The fraction of sp³-hybridized carbons (Fsp3) is 0.357. The summed E-state index contributed by atoms with van der Waals surface area (Å²) in [6.07, 6.45) is 2.64. The van der Waals surface area contributed by atoms with Gasteiger partial charge in [0.2, 0.25) is 0 Å². The first-order valence-corrected chi connectivity index (χ1v) is 7.30. The summed E-state index contributed by atoms with van der Waals surface area (Å²) in [6.45, 7) is 5.13. The van der Waals surface area contributed by atoms with Crippen LogP contribution in [0.15, 0.2) is 29.8 Å². The second kappa shape index (κ2) is 6.32. The number of hydrogen-bond acceptors (Lipinski definition) is 3. The molecule has 0 fully saturated rings. The van der Waals surface area contributed by atoms with Crippen LogP contribution < -0.4 is 5.32 Å². The highest BCUT2D eigenvalue weighted by molar-refractivity contribution is 7.09. The number of nitrogens with zero attached hydrogens (tertiary/aromatic N) is 1. The molecule has 1 heterocycles. The molecule has 1 aromatic heterocycles. The lowest BCUT2D eigenvalue weighted by Crippen LogP contribution is -2.21. The van der Waals surface area contributed by atoms with E-state index in [0.29, 0.717) is 6.04 Å². The lowest BCUT2D eigenvalue weighted by molar-refractivity contribution is 0.589. The van der Waals surface area contributed by atoms with E-state index in [2.05, 4.69) is 36.3 Å². The summed E-state index contributed by atoms with van der Waals surface area (Å²) in [7, 11) is 0. The van der Waals surface area contributed by atoms with Crippen LogP contribution in [0.25, 0.3) is 0 Å². The van der Waals surface area contributed by atoms with Crippen molar-refractivity contribution in [1.82, 2.24) is 10.3 Å². The second-order valence-corrected chi connectivity index (χ2v) is 5.95. The average molecular weight is 281 g/mol. The zero-order valence-corrected chi connectivity index (χ0v) is 12.2. The quantitative estimate of drug-likeness (QED) is 0.899. The Labute approximate surface area is 117 Å². The zero-order chi connectivity index (χ0) is 13.0. The van der Waals surface area contributed by atoms with Crippen LogP contribution in [0.3, 0.4) is 0 Å². The van der Waals surface area contributed by atoms with Crippen molar-refractivity contribution >= 4 is 22.9 Å². The van der Waals surface area contributed by atoms with E-state index < -0.39 is 0 Å². The molecule has 1 N–H and O–H groups in total. The molecule has 0 saturated heterocycles. The summed E-state index contributed by atoms with van der Waals surface area (Å²) < 4.78 is 0. The van der Waals surface area contributed by atoms with Gasteiger partial charge < -0.3 is 5.32 Å². The van der Waals surface area contributed by atoms with E-state index in [1.807, 2.05) is 17.6 Å². The van der Waals surface area contributed by atoms with Gasteiger partial charge in [0.15, 0.2) is 0 Å². The molecule has 0 bridgehead atoms. The van der Waals surface area contributed by atoms with Crippen LogP contribution in [0, 0.1) is 0 Å². The summed E-state index contributed by atoms with van der Waals surface area (Å²) in [6, 6.07) is 6.75. The van der Waals surface area contributed by atoms with Gasteiger partial charge in [-0.15, -0.1) is 11.3 Å². The Hall–Kier alpha value is -0.900. The van der Waals surface area contributed by atoms with Crippen LogP contribution >= 0.6 is 22.9 Å². The zero-order valence-electron chi connectivity index (χ0n) is 10.6. The Bertz CT molecular complexity index is 495. The molecule has 2 nitrogen and oxygen atoms in total. The monoisotopic (exact) mass is 280 g/mol. The van der Waals surface area contributed by atoms with Crippen LogP contribution in [-0.4, -0.2) is 11.0 Å².